The van der Waals surface area contributed by atoms with E-state index < -0.39 is 23.2 Å². The summed E-state index contributed by atoms with van der Waals surface area (Å²) in [6, 6.07) is 8.38. The van der Waals surface area contributed by atoms with Gasteiger partial charge in [0.05, 0.1) is 31.2 Å². The van der Waals surface area contributed by atoms with E-state index >= 15 is 4.39 Å². The number of aromatic nitrogens is 4. The summed E-state index contributed by atoms with van der Waals surface area (Å²) < 4.78 is 27.8. The van der Waals surface area contributed by atoms with Crippen LogP contribution in [-0.2, 0) is 10.3 Å². The van der Waals surface area contributed by atoms with Crippen molar-refractivity contribution in [3.63, 3.8) is 0 Å². The predicted octanol–water partition coefficient (Wildman–Crippen LogP) is 5.24. The molecule has 1 N–H and O–H groups in total. The van der Waals surface area contributed by atoms with Crippen LogP contribution < -0.4 is 19.7 Å². The Morgan fingerprint density at radius 1 is 1.02 bits per heavy atom. The summed E-state index contributed by atoms with van der Waals surface area (Å²) in [6.45, 7) is 3.75. The summed E-state index contributed by atoms with van der Waals surface area (Å²) in [4.78, 5) is 42.7. The Morgan fingerprint density at radius 3 is 2.45 bits per heavy atom. The van der Waals surface area contributed by atoms with Crippen LogP contribution in [0, 0.1) is 5.82 Å². The summed E-state index contributed by atoms with van der Waals surface area (Å²) in [5.41, 5.74) is -0.653. The lowest BCUT2D eigenvalue weighted by molar-refractivity contribution is -0.119. The number of fused-ring (bicyclic) bond motifs is 4. The van der Waals surface area contributed by atoms with E-state index in [1.165, 1.54) is 32.5 Å². The smallest absolute Gasteiger partial charge is 0.319 e. The molecule has 4 heterocycles. The van der Waals surface area contributed by atoms with Gasteiger partial charge < -0.3 is 19.4 Å². The van der Waals surface area contributed by atoms with Gasteiger partial charge in [-0.05, 0) is 44.2 Å². The number of hydrogen-bond donors (Lipinski definition) is 1. The molecule has 2 aromatic heterocycles. The van der Waals surface area contributed by atoms with Crippen molar-refractivity contribution in [2.24, 2.45) is 0 Å². The van der Waals surface area contributed by atoms with E-state index in [1.807, 2.05) is 13.8 Å². The number of methoxy groups -OCH3 is 2. The number of imidazole rings is 1. The van der Waals surface area contributed by atoms with Gasteiger partial charge in [0.25, 0.3) is 11.8 Å². The van der Waals surface area contributed by atoms with Gasteiger partial charge in [-0.2, -0.15) is 4.98 Å². The Bertz CT molecular complexity index is 1740. The molecule has 2 aliphatic heterocycles. The first kappa shape index (κ1) is 26.0. The first-order valence-corrected chi connectivity index (χ1v) is 12.9. The zero-order valence-electron chi connectivity index (χ0n) is 21.6. The second-order valence-electron chi connectivity index (χ2n) is 9.47. The number of carbonyl (C=O) groups is 2. The van der Waals surface area contributed by atoms with Crippen LogP contribution in [0.1, 0.15) is 41.6 Å². The highest BCUT2D eigenvalue weighted by molar-refractivity contribution is 6.32. The lowest BCUT2D eigenvalue weighted by Gasteiger charge is -2.35. The molecule has 4 aromatic rings. The van der Waals surface area contributed by atoms with E-state index in [-0.39, 0.29) is 45.9 Å². The number of benzene rings is 2. The highest BCUT2D eigenvalue weighted by Gasteiger charge is 2.64. The third-order valence-corrected chi connectivity index (χ3v) is 7.43. The normalized spacial score (nSPS) is 17.4. The molecule has 2 aromatic carbocycles. The summed E-state index contributed by atoms with van der Waals surface area (Å²) in [5, 5.41) is 3.40. The zero-order valence-corrected chi connectivity index (χ0v) is 23.1. The molecule has 0 radical (unpaired) electrons. The maximum absolute atomic E-state index is 15.4. The van der Waals surface area contributed by atoms with Crippen molar-refractivity contribution in [2.75, 3.05) is 24.4 Å². The van der Waals surface area contributed by atoms with E-state index in [0.29, 0.717) is 21.8 Å². The molecule has 0 aliphatic carbocycles. The molecule has 40 heavy (non-hydrogen) atoms. The summed E-state index contributed by atoms with van der Waals surface area (Å²) >= 11 is 12.5. The fourth-order valence-corrected chi connectivity index (χ4v) is 5.76. The van der Waals surface area contributed by atoms with Crippen LogP contribution in [0.5, 0.6) is 11.9 Å². The number of ether oxygens (including phenoxy) is 2. The molecule has 0 unspecified atom stereocenters. The first-order valence-electron chi connectivity index (χ1n) is 12.1. The molecule has 204 valence electrons. The molecule has 13 heteroatoms. The van der Waals surface area contributed by atoms with Crippen molar-refractivity contribution in [1.29, 1.82) is 0 Å². The Hall–Kier alpha value is -4.22. The zero-order chi connectivity index (χ0) is 28.5. The van der Waals surface area contributed by atoms with Crippen LogP contribution in [0.15, 0.2) is 42.6 Å². The molecule has 1 atom stereocenters. The predicted molar refractivity (Wildman–Crippen MR) is 146 cm³/mol. The van der Waals surface area contributed by atoms with Crippen molar-refractivity contribution in [1.82, 2.24) is 19.5 Å². The fraction of sp³-hybridized carbons (Fsp3) is 0.222. The van der Waals surface area contributed by atoms with Crippen molar-refractivity contribution in [3.05, 3.63) is 75.4 Å². The molecular weight excluding hydrogens is 562 g/mol. The third kappa shape index (κ3) is 3.44. The first-order chi connectivity index (χ1) is 19.1. The Kier molecular flexibility index (Phi) is 5.97. The van der Waals surface area contributed by atoms with Gasteiger partial charge in [-0.3, -0.25) is 14.5 Å². The minimum absolute atomic E-state index is 0.0427. The number of amides is 2. The minimum Gasteiger partial charge on any atom is -0.480 e. The fourth-order valence-electron chi connectivity index (χ4n) is 5.42. The average Bonchev–Trinajstić information content (AvgIpc) is 3.53. The van der Waals surface area contributed by atoms with Gasteiger partial charge >= 0.3 is 6.01 Å². The molecule has 1 spiro atoms. The van der Waals surface area contributed by atoms with Crippen LogP contribution in [0.25, 0.3) is 11.4 Å². The maximum atomic E-state index is 15.4. The Morgan fingerprint density at radius 2 is 1.75 bits per heavy atom. The third-order valence-electron chi connectivity index (χ3n) is 6.96. The summed E-state index contributed by atoms with van der Waals surface area (Å²) in [7, 11) is 2.86. The van der Waals surface area contributed by atoms with Crippen molar-refractivity contribution in [3.8, 4) is 23.3 Å². The van der Waals surface area contributed by atoms with Gasteiger partial charge in [0, 0.05) is 33.5 Å². The largest absolute Gasteiger partial charge is 0.480 e. The second-order valence-corrected chi connectivity index (χ2v) is 10.3. The molecule has 0 saturated heterocycles. The highest BCUT2D eigenvalue weighted by Crippen LogP contribution is 2.55. The van der Waals surface area contributed by atoms with Gasteiger partial charge in [0.15, 0.2) is 11.2 Å². The molecule has 0 fully saturated rings. The quantitative estimate of drug-likeness (QED) is 0.342. The lowest BCUT2D eigenvalue weighted by atomic mass is 9.87. The second kappa shape index (κ2) is 9.17. The van der Waals surface area contributed by atoms with Gasteiger partial charge in [-0.25, -0.2) is 14.4 Å². The molecular formula is C27H21Cl2FN6O4. The van der Waals surface area contributed by atoms with E-state index in [2.05, 4.69) is 15.3 Å². The number of halogens is 3. The lowest BCUT2D eigenvalue weighted by Crippen LogP contribution is -2.51. The summed E-state index contributed by atoms with van der Waals surface area (Å²) in [5.74, 6) is -1.57. The standard InChI is InChI=1S/C27H21Cl2FN6O4/c1-12(2)35-21-20(33-22(35)15-11-31-26(40-4)34-23(15)39-3)24(37)36(19-10-14(29)6-8-17(19)30)27(21)16-7-5-13(28)9-18(16)32-25(27)38/h5-12H,1-4H3,(H,32,38)/t27-/m1/s1. The average molecular weight is 583 g/mol. The van der Waals surface area contributed by atoms with Crippen LogP contribution in [-0.4, -0.2) is 45.6 Å². The monoisotopic (exact) mass is 582 g/mol. The Balaban J connectivity index is 1.73. The van der Waals surface area contributed by atoms with Crippen molar-refractivity contribution in [2.45, 2.75) is 25.4 Å². The number of hydrogen-bond acceptors (Lipinski definition) is 7. The maximum Gasteiger partial charge on any atom is 0.319 e. The molecule has 2 amide bonds. The summed E-state index contributed by atoms with van der Waals surface area (Å²) in [6.07, 6.45) is 1.47. The highest BCUT2D eigenvalue weighted by atomic mass is 35.5. The van der Waals surface area contributed by atoms with Crippen LogP contribution in [0.3, 0.4) is 0 Å². The molecule has 10 nitrogen and oxygen atoms in total. The topological polar surface area (TPSA) is 111 Å². The van der Waals surface area contributed by atoms with E-state index in [4.69, 9.17) is 37.7 Å². The molecule has 2 aliphatic rings. The van der Waals surface area contributed by atoms with Gasteiger partial charge in [-0.15, -0.1) is 0 Å². The number of nitrogens with zero attached hydrogens (tertiary/aromatic N) is 5. The minimum atomic E-state index is -1.84. The van der Waals surface area contributed by atoms with Crippen molar-refractivity contribution < 1.29 is 23.5 Å². The molecule has 0 saturated carbocycles. The number of nitrogens with one attached hydrogen (secondary N) is 1. The van der Waals surface area contributed by atoms with E-state index in [0.717, 1.165) is 11.0 Å². The van der Waals surface area contributed by atoms with Crippen LogP contribution in [0.2, 0.25) is 10.0 Å². The SMILES string of the molecule is COc1ncc(-c2nc3c(n2C(C)C)[C@]2(C(=O)Nc4cc(Cl)ccc42)N(c2cc(Cl)ccc2F)C3=O)c(OC)n1. The van der Waals surface area contributed by atoms with Gasteiger partial charge in [0.2, 0.25) is 5.88 Å². The number of rotatable bonds is 5. The van der Waals surface area contributed by atoms with Crippen LogP contribution in [0.4, 0.5) is 15.8 Å². The van der Waals surface area contributed by atoms with Gasteiger partial charge in [0.1, 0.15) is 11.6 Å². The van der Waals surface area contributed by atoms with E-state index in [9.17, 15) is 9.59 Å². The number of carbonyl (C=O) groups excluding carboxylic acids is 2. The molecule has 0 bridgehead atoms. The molecule has 6 rings (SSSR count). The number of anilines is 2. The van der Waals surface area contributed by atoms with Crippen LogP contribution >= 0.6 is 23.2 Å². The van der Waals surface area contributed by atoms with Crippen molar-refractivity contribution >= 4 is 46.4 Å². The Labute approximate surface area is 237 Å². The van der Waals surface area contributed by atoms with E-state index in [1.54, 1.807) is 22.8 Å². The van der Waals surface area contributed by atoms with Gasteiger partial charge in [-0.1, -0.05) is 29.3 Å².